The highest BCUT2D eigenvalue weighted by molar-refractivity contribution is 7.13. The van der Waals surface area contributed by atoms with Crippen molar-refractivity contribution in [2.24, 2.45) is 0 Å². The van der Waals surface area contributed by atoms with Crippen LogP contribution in [0.25, 0.3) is 0 Å². The number of nitrogens with two attached hydrogens (primary N) is 1. The number of ether oxygens (including phenoxy) is 1. The number of hydrogen-bond donors (Lipinski definition) is 1. The third-order valence-corrected chi connectivity index (χ3v) is 2.08. The second-order valence-corrected chi connectivity index (χ2v) is 3.46. The molecule has 1 rings (SSSR count). The summed E-state index contributed by atoms with van der Waals surface area (Å²) in [5.74, 6) is -0.243. The summed E-state index contributed by atoms with van der Waals surface area (Å²) in [6.07, 6.45) is 1.05. The summed E-state index contributed by atoms with van der Waals surface area (Å²) in [7, 11) is 0. The Hall–Kier alpha value is -1.10. The second kappa shape index (κ2) is 4.81. The summed E-state index contributed by atoms with van der Waals surface area (Å²) < 4.78 is 4.89. The van der Waals surface area contributed by atoms with Gasteiger partial charge in [-0.25, -0.2) is 4.98 Å². The zero-order valence-corrected chi connectivity index (χ0v) is 8.26. The van der Waals surface area contributed by atoms with E-state index in [0.717, 1.165) is 6.42 Å². The fourth-order valence-electron chi connectivity index (χ4n) is 0.819. The number of thiazole rings is 1. The molecule has 4 nitrogen and oxygen atoms in total. The minimum absolute atomic E-state index is 0.216. The molecule has 0 fully saturated rings. The van der Waals surface area contributed by atoms with Gasteiger partial charge in [-0.2, -0.15) is 0 Å². The highest BCUT2D eigenvalue weighted by Crippen LogP contribution is 2.11. The molecule has 2 N–H and O–H groups in total. The molecule has 0 spiro atoms. The van der Waals surface area contributed by atoms with Crippen LogP contribution in [0.3, 0.4) is 0 Å². The van der Waals surface area contributed by atoms with E-state index >= 15 is 0 Å². The lowest BCUT2D eigenvalue weighted by Crippen LogP contribution is -2.08. The van der Waals surface area contributed by atoms with Gasteiger partial charge in [0.15, 0.2) is 5.13 Å². The van der Waals surface area contributed by atoms with Gasteiger partial charge in [0.1, 0.15) is 0 Å². The first-order valence-corrected chi connectivity index (χ1v) is 4.96. The van der Waals surface area contributed by atoms with Gasteiger partial charge in [-0.1, -0.05) is 6.92 Å². The van der Waals surface area contributed by atoms with Crippen molar-refractivity contribution in [1.29, 1.82) is 0 Å². The van der Waals surface area contributed by atoms with Gasteiger partial charge in [0.2, 0.25) is 0 Å². The monoisotopic (exact) mass is 200 g/mol. The Balaban J connectivity index is 2.36. The highest BCUT2D eigenvalue weighted by atomic mass is 32.1. The van der Waals surface area contributed by atoms with E-state index in [9.17, 15) is 4.79 Å². The van der Waals surface area contributed by atoms with Crippen molar-refractivity contribution < 1.29 is 9.53 Å². The van der Waals surface area contributed by atoms with Crippen LogP contribution in [0.4, 0.5) is 5.13 Å². The molecule has 0 aliphatic heterocycles. The minimum Gasteiger partial charge on any atom is -0.465 e. The number of hydrogen-bond acceptors (Lipinski definition) is 5. The third-order valence-electron chi connectivity index (χ3n) is 1.36. The molecule has 0 saturated heterocycles. The van der Waals surface area contributed by atoms with Gasteiger partial charge in [-0.3, -0.25) is 4.79 Å². The van der Waals surface area contributed by atoms with Gasteiger partial charge in [0, 0.05) is 5.38 Å². The predicted molar refractivity (Wildman–Crippen MR) is 51.5 cm³/mol. The third kappa shape index (κ3) is 3.42. The Bertz CT molecular complexity index is 285. The summed E-state index contributed by atoms with van der Waals surface area (Å²) in [6.45, 7) is 2.42. The average molecular weight is 200 g/mol. The summed E-state index contributed by atoms with van der Waals surface area (Å²) >= 11 is 1.33. The molecular formula is C8H12N2O2S. The van der Waals surface area contributed by atoms with Crippen LogP contribution < -0.4 is 5.73 Å². The number of nitrogen functional groups attached to an aromatic ring is 1. The van der Waals surface area contributed by atoms with E-state index in [1.165, 1.54) is 11.3 Å². The van der Waals surface area contributed by atoms with Crippen LogP contribution in [0.1, 0.15) is 19.0 Å². The van der Waals surface area contributed by atoms with Gasteiger partial charge >= 0.3 is 5.97 Å². The molecule has 0 aliphatic carbocycles. The van der Waals surface area contributed by atoms with Crippen LogP contribution >= 0.6 is 11.3 Å². The molecule has 1 aromatic rings. The first kappa shape index (κ1) is 9.98. The first-order chi connectivity index (χ1) is 6.22. The lowest BCUT2D eigenvalue weighted by Gasteiger charge is -1.99. The lowest BCUT2D eigenvalue weighted by molar-refractivity contribution is -0.142. The van der Waals surface area contributed by atoms with E-state index in [1.54, 1.807) is 5.38 Å². The molecule has 0 atom stereocenters. The number of nitrogens with zero attached hydrogens (tertiary/aromatic N) is 1. The van der Waals surface area contributed by atoms with Crippen LogP contribution in [-0.2, 0) is 16.0 Å². The molecule has 0 aliphatic rings. The number of carbonyl (C=O) groups excluding carboxylic acids is 1. The molecule has 0 unspecified atom stereocenters. The van der Waals surface area contributed by atoms with E-state index < -0.39 is 0 Å². The van der Waals surface area contributed by atoms with Crippen molar-refractivity contribution in [3.8, 4) is 0 Å². The van der Waals surface area contributed by atoms with Gasteiger partial charge in [0.05, 0.1) is 18.7 Å². The molecule has 72 valence electrons. The zero-order chi connectivity index (χ0) is 9.68. The molecule has 0 saturated carbocycles. The average Bonchev–Trinajstić information content (AvgIpc) is 2.48. The molecule has 0 aromatic carbocycles. The molecule has 13 heavy (non-hydrogen) atoms. The summed E-state index contributed by atoms with van der Waals surface area (Å²) in [4.78, 5) is 15.0. The van der Waals surface area contributed by atoms with Crippen LogP contribution in [0.2, 0.25) is 0 Å². The van der Waals surface area contributed by atoms with Crippen molar-refractivity contribution in [3.63, 3.8) is 0 Å². The molecule has 0 bridgehead atoms. The van der Waals surface area contributed by atoms with Gasteiger partial charge < -0.3 is 10.5 Å². The maximum absolute atomic E-state index is 11.1. The van der Waals surface area contributed by atoms with Crippen molar-refractivity contribution in [2.45, 2.75) is 19.8 Å². The van der Waals surface area contributed by atoms with Crippen LogP contribution in [0.15, 0.2) is 5.38 Å². The highest BCUT2D eigenvalue weighted by Gasteiger charge is 2.06. The Kier molecular flexibility index (Phi) is 3.70. The van der Waals surface area contributed by atoms with E-state index in [-0.39, 0.29) is 12.4 Å². The smallest absolute Gasteiger partial charge is 0.311 e. The second-order valence-electron chi connectivity index (χ2n) is 2.57. The fourth-order valence-corrected chi connectivity index (χ4v) is 1.38. The SMILES string of the molecule is CCCOC(=O)Cc1csc(N)n1. The van der Waals surface area contributed by atoms with Crippen LogP contribution in [0, 0.1) is 0 Å². The van der Waals surface area contributed by atoms with E-state index in [4.69, 9.17) is 10.5 Å². The number of carbonyl (C=O) groups is 1. The summed E-state index contributed by atoms with van der Waals surface area (Å²) in [5, 5.41) is 2.25. The Morgan fingerprint density at radius 1 is 1.77 bits per heavy atom. The first-order valence-electron chi connectivity index (χ1n) is 4.08. The molecule has 1 aromatic heterocycles. The van der Waals surface area contributed by atoms with Gasteiger partial charge in [-0.05, 0) is 6.42 Å². The molecule has 0 radical (unpaired) electrons. The molecule has 1 heterocycles. The summed E-state index contributed by atoms with van der Waals surface area (Å²) in [5.41, 5.74) is 6.09. The standard InChI is InChI=1S/C8H12N2O2S/c1-2-3-12-7(11)4-6-5-13-8(9)10-6/h5H,2-4H2,1H3,(H2,9,10). The Morgan fingerprint density at radius 2 is 2.54 bits per heavy atom. The van der Waals surface area contributed by atoms with E-state index in [1.807, 2.05) is 6.92 Å². The van der Waals surface area contributed by atoms with Crippen molar-refractivity contribution in [1.82, 2.24) is 4.98 Å². The number of rotatable bonds is 4. The van der Waals surface area contributed by atoms with Gasteiger partial charge in [-0.15, -0.1) is 11.3 Å². The Morgan fingerprint density at radius 3 is 3.08 bits per heavy atom. The van der Waals surface area contributed by atoms with Crippen LogP contribution in [0.5, 0.6) is 0 Å². The number of esters is 1. The Labute approximate surface area is 80.7 Å². The lowest BCUT2D eigenvalue weighted by atomic mass is 10.3. The van der Waals surface area contributed by atoms with Crippen LogP contribution in [-0.4, -0.2) is 17.6 Å². The fraction of sp³-hybridized carbons (Fsp3) is 0.500. The quantitative estimate of drug-likeness (QED) is 0.742. The molecule has 5 heteroatoms. The summed E-state index contributed by atoms with van der Waals surface area (Å²) in [6, 6.07) is 0. The van der Waals surface area contributed by atoms with Crippen molar-refractivity contribution in [3.05, 3.63) is 11.1 Å². The van der Waals surface area contributed by atoms with E-state index in [0.29, 0.717) is 17.4 Å². The topological polar surface area (TPSA) is 65.2 Å². The maximum atomic E-state index is 11.1. The largest absolute Gasteiger partial charge is 0.465 e. The molecular weight excluding hydrogens is 188 g/mol. The van der Waals surface area contributed by atoms with Crippen molar-refractivity contribution in [2.75, 3.05) is 12.3 Å². The zero-order valence-electron chi connectivity index (χ0n) is 7.45. The number of anilines is 1. The maximum Gasteiger partial charge on any atom is 0.311 e. The minimum atomic E-state index is -0.243. The van der Waals surface area contributed by atoms with E-state index in [2.05, 4.69) is 4.98 Å². The van der Waals surface area contributed by atoms with Crippen molar-refractivity contribution >= 4 is 22.4 Å². The molecule has 0 amide bonds. The normalized spacial score (nSPS) is 9.92. The number of aromatic nitrogens is 1. The van der Waals surface area contributed by atoms with Gasteiger partial charge in [0.25, 0.3) is 0 Å². The predicted octanol–water partition coefficient (Wildman–Crippen LogP) is 1.22.